The van der Waals surface area contributed by atoms with Crippen LogP contribution in [0.5, 0.6) is 0 Å². The minimum absolute atomic E-state index is 0.326. The molecule has 0 aliphatic heterocycles. The highest BCUT2D eigenvalue weighted by Gasteiger charge is 2.53. The van der Waals surface area contributed by atoms with Crippen LogP contribution in [0.4, 0.5) is 0 Å². The topological polar surface area (TPSA) is 20.2 Å². The van der Waals surface area contributed by atoms with Gasteiger partial charge >= 0.3 is 0 Å². The summed E-state index contributed by atoms with van der Waals surface area (Å²) in [6, 6.07) is 0. The molecule has 0 bridgehead atoms. The Morgan fingerprint density at radius 2 is 1.79 bits per heavy atom. The molecule has 29 heavy (non-hydrogen) atoms. The van der Waals surface area contributed by atoms with Gasteiger partial charge in [-0.3, -0.25) is 0 Å². The van der Waals surface area contributed by atoms with Crippen LogP contribution < -0.4 is 0 Å². The van der Waals surface area contributed by atoms with Crippen molar-refractivity contribution in [1.29, 1.82) is 0 Å². The van der Waals surface area contributed by atoms with Gasteiger partial charge in [-0.2, -0.15) is 0 Å². The molecule has 1 unspecified atom stereocenters. The second-order valence-corrected chi connectivity index (χ2v) is 11.6. The lowest BCUT2D eigenvalue weighted by atomic mass is 9.51. The maximum atomic E-state index is 9.47. The molecule has 162 valence electrons. The largest absolute Gasteiger partial charge is 0.396 e. The molecule has 4 aliphatic carbocycles. The number of hydrogen-bond acceptors (Lipinski definition) is 1. The van der Waals surface area contributed by atoms with E-state index >= 15 is 0 Å². The Balaban J connectivity index is 1.50. The number of aliphatic hydroxyl groups is 1. The summed E-state index contributed by atoms with van der Waals surface area (Å²) in [4.78, 5) is 0. The molecule has 2 saturated carbocycles. The Morgan fingerprint density at radius 1 is 1.00 bits per heavy atom. The zero-order valence-electron chi connectivity index (χ0n) is 19.6. The third-order valence-corrected chi connectivity index (χ3v) is 10.0. The maximum Gasteiger partial charge on any atom is 0.0459 e. The predicted molar refractivity (Wildman–Crippen MR) is 124 cm³/mol. The van der Waals surface area contributed by atoms with Crippen LogP contribution in [0.3, 0.4) is 0 Å². The van der Waals surface area contributed by atoms with E-state index in [-0.39, 0.29) is 0 Å². The van der Waals surface area contributed by atoms with Gasteiger partial charge in [0.2, 0.25) is 0 Å². The highest BCUT2D eigenvalue weighted by Crippen LogP contribution is 2.64. The Bertz CT molecular complexity index is 712. The van der Waals surface area contributed by atoms with E-state index in [1.54, 1.807) is 16.7 Å². The first-order valence-corrected chi connectivity index (χ1v) is 12.5. The van der Waals surface area contributed by atoms with Crippen molar-refractivity contribution in [2.45, 2.75) is 92.4 Å². The monoisotopic (exact) mass is 396 g/mol. The normalized spacial score (nSPS) is 39.3. The van der Waals surface area contributed by atoms with Crippen LogP contribution in [0, 0.1) is 40.4 Å². The molecule has 0 saturated heterocycles. The summed E-state index contributed by atoms with van der Waals surface area (Å²) in [5.74, 6) is 3.37. The smallest absolute Gasteiger partial charge is 0.0459 e. The van der Waals surface area contributed by atoms with Gasteiger partial charge in [-0.05, 0) is 90.1 Å². The van der Waals surface area contributed by atoms with Crippen molar-refractivity contribution in [3.8, 4) is 0 Å². The molecule has 7 atom stereocenters. The molecule has 1 nitrogen and oxygen atoms in total. The van der Waals surface area contributed by atoms with Crippen molar-refractivity contribution in [3.05, 3.63) is 34.9 Å². The lowest BCUT2D eigenvalue weighted by molar-refractivity contribution is 0.105. The lowest BCUT2D eigenvalue weighted by Gasteiger charge is -2.53. The quantitative estimate of drug-likeness (QED) is 0.493. The molecule has 0 amide bonds. The van der Waals surface area contributed by atoms with Gasteiger partial charge in [0.05, 0.1) is 0 Å². The highest BCUT2D eigenvalue weighted by atomic mass is 16.3. The number of aliphatic hydroxyl groups excluding tert-OH is 1. The average Bonchev–Trinajstić information content (AvgIpc) is 3.08. The van der Waals surface area contributed by atoms with E-state index in [4.69, 9.17) is 0 Å². The van der Waals surface area contributed by atoms with E-state index < -0.39 is 0 Å². The number of fused-ring (bicyclic) bond motifs is 5. The highest BCUT2D eigenvalue weighted by molar-refractivity contribution is 5.50. The standard InChI is InChI=1S/C28H44O/c1-19(21(3)18-29)9-10-20(2)24-13-14-25-23-12-11-22-8-6-7-16-27(22,4)26(23)15-17-28(24,25)5/h11-12,14,19-21,24,26,29H,6-10,13,15-18H2,1-5H3/t19-,20+,21?,24+,26-,27-,28+/m0/s1. The van der Waals surface area contributed by atoms with Gasteiger partial charge in [0, 0.05) is 6.61 Å². The zero-order chi connectivity index (χ0) is 20.8. The Kier molecular flexibility index (Phi) is 5.93. The van der Waals surface area contributed by atoms with E-state index in [9.17, 15) is 5.11 Å². The van der Waals surface area contributed by atoms with Crippen molar-refractivity contribution in [3.63, 3.8) is 0 Å². The van der Waals surface area contributed by atoms with Crippen LogP contribution in [0.2, 0.25) is 0 Å². The number of allylic oxidation sites excluding steroid dienone is 6. The van der Waals surface area contributed by atoms with Crippen LogP contribution >= 0.6 is 0 Å². The van der Waals surface area contributed by atoms with Crippen molar-refractivity contribution in [2.24, 2.45) is 40.4 Å². The Morgan fingerprint density at radius 3 is 2.55 bits per heavy atom. The van der Waals surface area contributed by atoms with Crippen LogP contribution in [0.1, 0.15) is 92.4 Å². The lowest BCUT2D eigenvalue weighted by Crippen LogP contribution is -2.43. The zero-order valence-corrected chi connectivity index (χ0v) is 19.6. The van der Waals surface area contributed by atoms with Gasteiger partial charge in [0.1, 0.15) is 0 Å². The van der Waals surface area contributed by atoms with E-state index in [0.29, 0.717) is 29.3 Å². The van der Waals surface area contributed by atoms with Crippen LogP contribution in [0.25, 0.3) is 0 Å². The summed E-state index contributed by atoms with van der Waals surface area (Å²) in [7, 11) is 0. The molecule has 0 radical (unpaired) electrons. The summed E-state index contributed by atoms with van der Waals surface area (Å²) in [5.41, 5.74) is 6.00. The molecule has 4 aliphatic rings. The van der Waals surface area contributed by atoms with E-state index in [2.05, 4.69) is 52.8 Å². The van der Waals surface area contributed by atoms with Gasteiger partial charge in [-0.25, -0.2) is 0 Å². The molecule has 0 spiro atoms. The van der Waals surface area contributed by atoms with Crippen molar-refractivity contribution in [2.75, 3.05) is 6.61 Å². The summed E-state index contributed by atoms with van der Waals surface area (Å²) < 4.78 is 0. The predicted octanol–water partition coefficient (Wildman–Crippen LogP) is 7.48. The first-order valence-electron chi connectivity index (χ1n) is 12.5. The summed E-state index contributed by atoms with van der Waals surface area (Å²) in [5, 5.41) is 9.47. The number of hydrogen-bond donors (Lipinski definition) is 1. The minimum atomic E-state index is 0.326. The molecular formula is C28H44O. The average molecular weight is 397 g/mol. The minimum Gasteiger partial charge on any atom is -0.396 e. The van der Waals surface area contributed by atoms with Gasteiger partial charge in [0.15, 0.2) is 0 Å². The molecule has 1 heteroatoms. The molecule has 0 aromatic carbocycles. The molecule has 0 heterocycles. The molecule has 0 aromatic heterocycles. The van der Waals surface area contributed by atoms with Gasteiger partial charge in [-0.15, -0.1) is 0 Å². The van der Waals surface area contributed by atoms with E-state index in [1.165, 1.54) is 57.8 Å². The summed E-state index contributed by atoms with van der Waals surface area (Å²) >= 11 is 0. The third kappa shape index (κ3) is 3.50. The molecule has 1 N–H and O–H groups in total. The SMILES string of the molecule is CC(CO)[C@@H](C)CC[C@@H](C)[C@H]1CC=C2C3=CC=C4CCCC[C@]4(C)[C@H]3CC[C@@]21C. The third-order valence-electron chi connectivity index (χ3n) is 10.0. The maximum absolute atomic E-state index is 9.47. The van der Waals surface area contributed by atoms with E-state index in [1.807, 2.05) is 0 Å². The second-order valence-electron chi connectivity index (χ2n) is 11.6. The fraction of sp³-hybridized carbons (Fsp3) is 0.786. The van der Waals surface area contributed by atoms with Crippen LogP contribution in [-0.2, 0) is 0 Å². The summed E-state index contributed by atoms with van der Waals surface area (Å²) in [6.07, 6.45) is 19.8. The Hall–Kier alpha value is -0.820. The summed E-state index contributed by atoms with van der Waals surface area (Å²) in [6.45, 7) is 12.5. The molecule has 0 aromatic rings. The van der Waals surface area contributed by atoms with Crippen molar-refractivity contribution in [1.82, 2.24) is 0 Å². The fourth-order valence-corrected chi connectivity index (χ4v) is 7.53. The number of rotatable bonds is 6. The van der Waals surface area contributed by atoms with Crippen LogP contribution in [0.15, 0.2) is 34.9 Å². The molecule has 2 fully saturated rings. The van der Waals surface area contributed by atoms with Gasteiger partial charge in [0.25, 0.3) is 0 Å². The molecular weight excluding hydrogens is 352 g/mol. The Labute approximate surface area is 179 Å². The van der Waals surface area contributed by atoms with Crippen LogP contribution in [-0.4, -0.2) is 11.7 Å². The molecule has 4 rings (SSSR count). The second kappa shape index (κ2) is 8.03. The van der Waals surface area contributed by atoms with E-state index in [0.717, 1.165) is 17.8 Å². The van der Waals surface area contributed by atoms with Gasteiger partial charge < -0.3 is 5.11 Å². The van der Waals surface area contributed by atoms with Gasteiger partial charge in [-0.1, -0.05) is 77.7 Å². The first kappa shape index (κ1) is 21.4. The van der Waals surface area contributed by atoms with Crippen molar-refractivity contribution >= 4 is 0 Å². The van der Waals surface area contributed by atoms with Crippen molar-refractivity contribution < 1.29 is 5.11 Å². The first-order chi connectivity index (χ1) is 13.8. The fourth-order valence-electron chi connectivity index (χ4n) is 7.53.